The average Bonchev–Trinajstić information content (AvgIpc) is 2.03. The van der Waals surface area contributed by atoms with Crippen molar-refractivity contribution in [2.45, 2.75) is 26.7 Å². The van der Waals surface area contributed by atoms with E-state index in [1.165, 1.54) is 11.1 Å². The summed E-state index contributed by atoms with van der Waals surface area (Å²) < 4.78 is 0. The third-order valence-electron chi connectivity index (χ3n) is 1.92. The molecule has 0 saturated heterocycles. The quantitative estimate of drug-likeness (QED) is 0.570. The first-order chi connectivity index (χ1) is 5.68. The Morgan fingerprint density at radius 1 is 1.42 bits per heavy atom. The zero-order valence-electron chi connectivity index (χ0n) is 7.63. The normalized spacial score (nSPS) is 17.5. The van der Waals surface area contributed by atoms with E-state index in [0.717, 1.165) is 12.8 Å². The van der Waals surface area contributed by atoms with Crippen LogP contribution in [0.3, 0.4) is 0 Å². The summed E-state index contributed by atoms with van der Waals surface area (Å²) >= 11 is 0. The molecule has 0 heterocycles. The minimum Gasteiger partial charge on any atom is -0.295 e. The van der Waals surface area contributed by atoms with Crippen LogP contribution < -0.4 is 0 Å². The van der Waals surface area contributed by atoms with E-state index in [2.05, 4.69) is 19.1 Å². The Bertz CT molecular complexity index is 267. The van der Waals surface area contributed by atoms with Gasteiger partial charge in [0.2, 0.25) is 0 Å². The SMILES string of the molecule is CC(=O)/C=C/C1=CC=C(C)CC1. The molecule has 0 aromatic heterocycles. The Kier molecular flexibility index (Phi) is 3.03. The molecule has 1 heteroatoms. The van der Waals surface area contributed by atoms with Gasteiger partial charge in [0.15, 0.2) is 5.78 Å². The van der Waals surface area contributed by atoms with Gasteiger partial charge in [-0.2, -0.15) is 0 Å². The van der Waals surface area contributed by atoms with Gasteiger partial charge in [-0.25, -0.2) is 0 Å². The number of ketones is 1. The monoisotopic (exact) mass is 162 g/mol. The first-order valence-electron chi connectivity index (χ1n) is 4.23. The summed E-state index contributed by atoms with van der Waals surface area (Å²) in [5.74, 6) is 0.113. The molecule has 0 aliphatic heterocycles. The van der Waals surface area contributed by atoms with E-state index in [4.69, 9.17) is 0 Å². The highest BCUT2D eigenvalue weighted by Crippen LogP contribution is 2.18. The number of carbonyl (C=O) groups is 1. The summed E-state index contributed by atoms with van der Waals surface area (Å²) in [6.07, 6.45) is 9.91. The first kappa shape index (κ1) is 8.98. The molecule has 0 fully saturated rings. The summed E-state index contributed by atoms with van der Waals surface area (Å²) in [6.45, 7) is 3.70. The van der Waals surface area contributed by atoms with Crippen molar-refractivity contribution in [3.63, 3.8) is 0 Å². The summed E-state index contributed by atoms with van der Waals surface area (Å²) in [7, 11) is 0. The van der Waals surface area contributed by atoms with Gasteiger partial charge < -0.3 is 0 Å². The van der Waals surface area contributed by atoms with Crippen LogP contribution in [0, 0.1) is 0 Å². The van der Waals surface area contributed by atoms with Gasteiger partial charge in [-0.05, 0) is 38.3 Å². The van der Waals surface area contributed by atoms with Gasteiger partial charge in [-0.1, -0.05) is 23.8 Å². The first-order valence-corrected chi connectivity index (χ1v) is 4.23. The molecule has 1 aliphatic carbocycles. The number of hydrogen-bond acceptors (Lipinski definition) is 1. The number of carbonyl (C=O) groups excluding carboxylic acids is 1. The zero-order valence-corrected chi connectivity index (χ0v) is 7.63. The molecule has 0 aromatic rings. The maximum Gasteiger partial charge on any atom is 0.152 e. The fourth-order valence-electron chi connectivity index (χ4n) is 1.12. The third kappa shape index (κ3) is 2.87. The van der Waals surface area contributed by atoms with Crippen LogP contribution in [0.4, 0.5) is 0 Å². The van der Waals surface area contributed by atoms with Crippen molar-refractivity contribution in [1.29, 1.82) is 0 Å². The predicted molar refractivity (Wildman–Crippen MR) is 50.9 cm³/mol. The fraction of sp³-hybridized carbons (Fsp3) is 0.364. The second kappa shape index (κ2) is 4.05. The Hall–Kier alpha value is -1.11. The van der Waals surface area contributed by atoms with Crippen LogP contribution in [-0.4, -0.2) is 5.78 Å². The number of rotatable bonds is 2. The molecule has 0 saturated carbocycles. The molecular formula is C11H14O. The molecule has 0 aromatic carbocycles. The highest BCUT2D eigenvalue weighted by atomic mass is 16.1. The molecule has 0 spiro atoms. The minimum absolute atomic E-state index is 0.113. The van der Waals surface area contributed by atoms with Crippen LogP contribution >= 0.6 is 0 Å². The van der Waals surface area contributed by atoms with Crippen molar-refractivity contribution < 1.29 is 4.79 Å². The molecule has 0 atom stereocenters. The largest absolute Gasteiger partial charge is 0.295 e. The molecule has 64 valence electrons. The molecule has 0 bridgehead atoms. The average molecular weight is 162 g/mol. The third-order valence-corrected chi connectivity index (χ3v) is 1.92. The van der Waals surface area contributed by atoms with E-state index in [0.29, 0.717) is 0 Å². The van der Waals surface area contributed by atoms with E-state index in [-0.39, 0.29) is 5.78 Å². The summed E-state index contributed by atoms with van der Waals surface area (Å²) in [5, 5.41) is 0. The van der Waals surface area contributed by atoms with Crippen molar-refractivity contribution >= 4 is 5.78 Å². The molecule has 0 unspecified atom stereocenters. The Morgan fingerprint density at radius 3 is 2.67 bits per heavy atom. The van der Waals surface area contributed by atoms with Gasteiger partial charge in [0.05, 0.1) is 0 Å². The summed E-state index contributed by atoms with van der Waals surface area (Å²) in [5.41, 5.74) is 2.66. The van der Waals surface area contributed by atoms with Crippen LogP contribution in [0.2, 0.25) is 0 Å². The van der Waals surface area contributed by atoms with E-state index in [1.807, 2.05) is 6.08 Å². The van der Waals surface area contributed by atoms with E-state index >= 15 is 0 Å². The van der Waals surface area contributed by atoms with Crippen LogP contribution in [0.25, 0.3) is 0 Å². The maximum absolute atomic E-state index is 10.6. The lowest BCUT2D eigenvalue weighted by molar-refractivity contribution is -0.112. The molecule has 1 rings (SSSR count). The Morgan fingerprint density at radius 2 is 2.17 bits per heavy atom. The topological polar surface area (TPSA) is 17.1 Å². The van der Waals surface area contributed by atoms with Gasteiger partial charge in [0, 0.05) is 0 Å². The van der Waals surface area contributed by atoms with Gasteiger partial charge in [-0.15, -0.1) is 0 Å². The predicted octanol–water partition coefficient (Wildman–Crippen LogP) is 2.80. The van der Waals surface area contributed by atoms with Crippen molar-refractivity contribution in [3.05, 3.63) is 35.5 Å². The molecule has 0 radical (unpaired) electrons. The summed E-state index contributed by atoms with van der Waals surface area (Å²) in [4.78, 5) is 10.6. The van der Waals surface area contributed by atoms with Gasteiger partial charge in [0.1, 0.15) is 0 Å². The van der Waals surface area contributed by atoms with Crippen LogP contribution in [0.5, 0.6) is 0 Å². The van der Waals surface area contributed by atoms with Crippen molar-refractivity contribution in [1.82, 2.24) is 0 Å². The van der Waals surface area contributed by atoms with Crippen molar-refractivity contribution in [2.75, 3.05) is 0 Å². The van der Waals surface area contributed by atoms with Crippen molar-refractivity contribution in [2.24, 2.45) is 0 Å². The Balaban J connectivity index is 2.60. The molecule has 1 aliphatic rings. The fourth-order valence-corrected chi connectivity index (χ4v) is 1.12. The lowest BCUT2D eigenvalue weighted by Gasteiger charge is -2.07. The Labute approximate surface area is 73.5 Å². The molecular weight excluding hydrogens is 148 g/mol. The second-order valence-corrected chi connectivity index (χ2v) is 3.20. The van der Waals surface area contributed by atoms with Gasteiger partial charge in [-0.3, -0.25) is 4.79 Å². The smallest absolute Gasteiger partial charge is 0.152 e. The van der Waals surface area contributed by atoms with E-state index < -0.39 is 0 Å². The number of hydrogen-bond donors (Lipinski definition) is 0. The standard InChI is InChI=1S/C11H14O/c1-9-3-6-11(7-4-9)8-5-10(2)12/h3,5-6,8H,4,7H2,1-2H3/b8-5+. The van der Waals surface area contributed by atoms with Gasteiger partial charge in [0.25, 0.3) is 0 Å². The highest BCUT2D eigenvalue weighted by Gasteiger charge is 1.99. The lowest BCUT2D eigenvalue weighted by atomic mass is 9.99. The molecule has 0 amide bonds. The minimum atomic E-state index is 0.113. The highest BCUT2D eigenvalue weighted by molar-refractivity contribution is 5.87. The van der Waals surface area contributed by atoms with Crippen molar-refractivity contribution in [3.8, 4) is 0 Å². The summed E-state index contributed by atoms with van der Waals surface area (Å²) in [6, 6.07) is 0. The van der Waals surface area contributed by atoms with Gasteiger partial charge >= 0.3 is 0 Å². The van der Waals surface area contributed by atoms with Crippen LogP contribution in [0.15, 0.2) is 35.5 Å². The number of allylic oxidation sites excluding steroid dienone is 6. The van der Waals surface area contributed by atoms with E-state index in [1.54, 1.807) is 13.0 Å². The molecule has 1 nitrogen and oxygen atoms in total. The second-order valence-electron chi connectivity index (χ2n) is 3.20. The van der Waals surface area contributed by atoms with Crippen LogP contribution in [-0.2, 0) is 4.79 Å². The molecule has 0 N–H and O–H groups in total. The maximum atomic E-state index is 10.6. The molecule has 12 heavy (non-hydrogen) atoms. The van der Waals surface area contributed by atoms with E-state index in [9.17, 15) is 4.79 Å². The lowest BCUT2D eigenvalue weighted by Crippen LogP contribution is -1.89. The van der Waals surface area contributed by atoms with Crippen LogP contribution in [0.1, 0.15) is 26.7 Å². The zero-order chi connectivity index (χ0) is 8.97.